The van der Waals surface area contributed by atoms with Crippen molar-refractivity contribution in [3.8, 4) is 0 Å². The van der Waals surface area contributed by atoms with E-state index >= 15 is 0 Å². The van der Waals surface area contributed by atoms with E-state index in [0.717, 1.165) is 62.3 Å². The Kier molecular flexibility index (Phi) is 6.30. The van der Waals surface area contributed by atoms with Gasteiger partial charge in [-0.25, -0.2) is 15.0 Å². The van der Waals surface area contributed by atoms with Gasteiger partial charge < -0.3 is 10.2 Å². The van der Waals surface area contributed by atoms with Gasteiger partial charge in [0.1, 0.15) is 0 Å². The van der Waals surface area contributed by atoms with Gasteiger partial charge in [-0.15, -0.1) is 0 Å². The van der Waals surface area contributed by atoms with Crippen LogP contribution in [0, 0.1) is 19.8 Å². The van der Waals surface area contributed by atoms with E-state index in [2.05, 4.69) is 39.0 Å². The van der Waals surface area contributed by atoms with E-state index in [0.29, 0.717) is 23.6 Å². The summed E-state index contributed by atoms with van der Waals surface area (Å²) >= 11 is 0. The molecule has 1 amide bonds. The summed E-state index contributed by atoms with van der Waals surface area (Å²) in [5, 5.41) is 3.18. The van der Waals surface area contributed by atoms with Gasteiger partial charge in [-0.05, 0) is 65.9 Å². The Morgan fingerprint density at radius 3 is 2.35 bits per heavy atom. The van der Waals surface area contributed by atoms with Gasteiger partial charge >= 0.3 is 0 Å². The van der Waals surface area contributed by atoms with Crippen molar-refractivity contribution in [1.29, 1.82) is 0 Å². The molecule has 0 aromatic carbocycles. The molecule has 2 aromatic heterocycles. The smallest absolute Gasteiger partial charge is 0.228 e. The van der Waals surface area contributed by atoms with Gasteiger partial charge in [0.25, 0.3) is 0 Å². The minimum atomic E-state index is 0.158. The molecule has 1 atom stereocenters. The van der Waals surface area contributed by atoms with E-state index in [1.807, 2.05) is 26.1 Å². The third kappa shape index (κ3) is 5.09. The number of rotatable bonds is 4. The molecule has 31 heavy (non-hydrogen) atoms. The van der Waals surface area contributed by atoms with Crippen molar-refractivity contribution in [3.05, 3.63) is 46.7 Å². The highest BCUT2D eigenvalue weighted by molar-refractivity contribution is 5.79. The Hall–Kier alpha value is -2.83. The van der Waals surface area contributed by atoms with Crippen molar-refractivity contribution in [2.75, 3.05) is 18.4 Å². The summed E-state index contributed by atoms with van der Waals surface area (Å²) in [6.07, 6.45) is 8.34. The van der Waals surface area contributed by atoms with Gasteiger partial charge in [-0.1, -0.05) is 11.1 Å². The Morgan fingerprint density at radius 2 is 1.68 bits per heavy atom. The van der Waals surface area contributed by atoms with E-state index in [1.54, 1.807) is 6.20 Å². The van der Waals surface area contributed by atoms with E-state index in [-0.39, 0.29) is 5.92 Å². The maximum absolute atomic E-state index is 13.0. The van der Waals surface area contributed by atoms with E-state index in [4.69, 9.17) is 4.98 Å². The molecule has 2 aliphatic rings. The third-order valence-corrected chi connectivity index (χ3v) is 6.60. The monoisotopic (exact) mass is 420 g/mol. The summed E-state index contributed by atoms with van der Waals surface area (Å²) < 4.78 is 0. The highest BCUT2D eigenvalue weighted by atomic mass is 16.2. The Labute approximate surface area is 184 Å². The molecule has 164 valence electrons. The van der Waals surface area contributed by atoms with Crippen molar-refractivity contribution in [2.24, 2.45) is 5.92 Å². The summed E-state index contributed by atoms with van der Waals surface area (Å²) in [4.78, 5) is 33.1. The van der Waals surface area contributed by atoms with Crippen molar-refractivity contribution >= 4 is 17.7 Å². The molecule has 0 radical (unpaired) electrons. The Balaban J connectivity index is 1.37. The Bertz CT molecular complexity index is 973. The fourth-order valence-corrected chi connectivity index (χ4v) is 4.65. The first-order valence-electron chi connectivity index (χ1n) is 11.2. The van der Waals surface area contributed by atoms with Crippen LogP contribution in [0.1, 0.15) is 69.0 Å². The standard InChI is InChI=1S/C24H32N6O/c1-15-5-6-20(11-16(15)2)23(31)30-9-7-19(8-10-30)21-13-25-14-22(28-21)29-24-26-17(3)12-18(4)27-24/h12-14,19-20H,5-11H2,1-4H3,(H,26,27,28,29). The average Bonchev–Trinajstić information content (AvgIpc) is 2.75. The summed E-state index contributed by atoms with van der Waals surface area (Å²) in [6, 6.07) is 1.94. The molecule has 0 bridgehead atoms. The molecule has 7 heteroatoms. The van der Waals surface area contributed by atoms with Crippen LogP contribution in [-0.4, -0.2) is 43.8 Å². The maximum Gasteiger partial charge on any atom is 0.228 e. The molecule has 2 aromatic rings. The largest absolute Gasteiger partial charge is 0.342 e. The van der Waals surface area contributed by atoms with Crippen LogP contribution in [0.25, 0.3) is 0 Å². The van der Waals surface area contributed by atoms with Crippen LogP contribution in [0.5, 0.6) is 0 Å². The van der Waals surface area contributed by atoms with Crippen molar-refractivity contribution < 1.29 is 4.79 Å². The lowest BCUT2D eigenvalue weighted by Gasteiger charge is -2.35. The number of anilines is 2. The average molecular weight is 421 g/mol. The van der Waals surface area contributed by atoms with Crippen LogP contribution in [0.2, 0.25) is 0 Å². The number of amides is 1. The SMILES string of the molecule is CC1=C(C)CC(C(=O)N2CCC(c3cncc(Nc4nc(C)cc(C)n4)n3)CC2)CC1. The molecule has 1 aliphatic carbocycles. The summed E-state index contributed by atoms with van der Waals surface area (Å²) in [7, 11) is 0. The van der Waals surface area contributed by atoms with E-state index < -0.39 is 0 Å². The molecule has 3 heterocycles. The number of aryl methyl sites for hydroxylation is 2. The van der Waals surface area contributed by atoms with Crippen LogP contribution >= 0.6 is 0 Å². The first-order valence-corrected chi connectivity index (χ1v) is 11.2. The normalized spacial score (nSPS) is 20.1. The molecular formula is C24H32N6O. The number of likely N-dealkylation sites (tertiary alicyclic amines) is 1. The number of piperidine rings is 1. The number of hydrogen-bond donors (Lipinski definition) is 1. The number of carbonyl (C=O) groups is 1. The number of aromatic nitrogens is 4. The van der Waals surface area contributed by atoms with E-state index in [1.165, 1.54) is 11.1 Å². The number of nitrogens with zero attached hydrogens (tertiary/aromatic N) is 5. The van der Waals surface area contributed by atoms with E-state index in [9.17, 15) is 4.79 Å². The number of carbonyl (C=O) groups excluding carboxylic acids is 1. The maximum atomic E-state index is 13.0. The van der Waals surface area contributed by atoms with Gasteiger partial charge in [0.2, 0.25) is 11.9 Å². The molecule has 1 saturated heterocycles. The summed E-state index contributed by atoms with van der Waals surface area (Å²) in [5.74, 6) is 2.00. The van der Waals surface area contributed by atoms with Gasteiger partial charge in [-0.3, -0.25) is 9.78 Å². The minimum absolute atomic E-state index is 0.158. The first kappa shape index (κ1) is 21.4. The fourth-order valence-electron chi connectivity index (χ4n) is 4.65. The lowest BCUT2D eigenvalue weighted by Crippen LogP contribution is -2.42. The predicted molar refractivity (Wildman–Crippen MR) is 121 cm³/mol. The fraction of sp³-hybridized carbons (Fsp3) is 0.542. The zero-order valence-corrected chi connectivity index (χ0v) is 19.0. The molecular weight excluding hydrogens is 388 g/mol. The molecule has 1 fully saturated rings. The molecule has 0 spiro atoms. The molecule has 7 nitrogen and oxygen atoms in total. The van der Waals surface area contributed by atoms with Crippen LogP contribution < -0.4 is 5.32 Å². The molecule has 1 aliphatic heterocycles. The molecule has 0 saturated carbocycles. The first-order chi connectivity index (χ1) is 14.9. The number of allylic oxidation sites excluding steroid dienone is 2. The second-order valence-corrected chi connectivity index (χ2v) is 9.03. The lowest BCUT2D eigenvalue weighted by atomic mass is 9.83. The van der Waals surface area contributed by atoms with Crippen LogP contribution in [0.4, 0.5) is 11.8 Å². The quantitative estimate of drug-likeness (QED) is 0.735. The lowest BCUT2D eigenvalue weighted by molar-refractivity contribution is -0.137. The Morgan fingerprint density at radius 1 is 0.968 bits per heavy atom. The zero-order valence-electron chi connectivity index (χ0n) is 19.0. The van der Waals surface area contributed by atoms with Crippen LogP contribution in [-0.2, 0) is 4.79 Å². The topological polar surface area (TPSA) is 83.9 Å². The minimum Gasteiger partial charge on any atom is -0.342 e. The van der Waals surface area contributed by atoms with Gasteiger partial charge in [0, 0.05) is 42.5 Å². The molecule has 1 unspecified atom stereocenters. The predicted octanol–water partition coefficient (Wildman–Crippen LogP) is 4.47. The second kappa shape index (κ2) is 9.12. The molecule has 4 rings (SSSR count). The third-order valence-electron chi connectivity index (χ3n) is 6.60. The zero-order chi connectivity index (χ0) is 22.0. The highest BCUT2D eigenvalue weighted by Crippen LogP contribution is 2.33. The number of hydrogen-bond acceptors (Lipinski definition) is 6. The van der Waals surface area contributed by atoms with Crippen molar-refractivity contribution in [3.63, 3.8) is 0 Å². The molecule has 1 N–H and O–H groups in total. The van der Waals surface area contributed by atoms with Crippen molar-refractivity contribution in [1.82, 2.24) is 24.8 Å². The van der Waals surface area contributed by atoms with Crippen LogP contribution in [0.15, 0.2) is 29.6 Å². The van der Waals surface area contributed by atoms with Crippen molar-refractivity contribution in [2.45, 2.75) is 65.7 Å². The summed E-state index contributed by atoms with van der Waals surface area (Å²) in [6.45, 7) is 9.84. The summed E-state index contributed by atoms with van der Waals surface area (Å²) in [5.41, 5.74) is 5.64. The van der Waals surface area contributed by atoms with Gasteiger partial charge in [0.15, 0.2) is 5.82 Å². The highest BCUT2D eigenvalue weighted by Gasteiger charge is 2.31. The van der Waals surface area contributed by atoms with Gasteiger partial charge in [-0.2, -0.15) is 0 Å². The number of nitrogens with one attached hydrogen (secondary N) is 1. The van der Waals surface area contributed by atoms with Gasteiger partial charge in [0.05, 0.1) is 11.9 Å². The second-order valence-electron chi connectivity index (χ2n) is 9.03. The van der Waals surface area contributed by atoms with Crippen LogP contribution in [0.3, 0.4) is 0 Å².